The van der Waals surface area contributed by atoms with Gasteiger partial charge >= 0.3 is 0 Å². The maximum atomic E-state index is 5.18. The lowest BCUT2D eigenvalue weighted by molar-refractivity contribution is 0.660. The Bertz CT molecular complexity index is 2310. The second-order valence-electron chi connectivity index (χ2n) is 11.3. The van der Waals surface area contributed by atoms with Gasteiger partial charge in [-0.2, -0.15) is 0 Å². The molecule has 0 amide bonds. The summed E-state index contributed by atoms with van der Waals surface area (Å²) in [5.41, 5.74) is 13.4. The van der Waals surface area contributed by atoms with E-state index in [1.807, 2.05) is 0 Å². The van der Waals surface area contributed by atoms with Gasteiger partial charge in [-0.1, -0.05) is 105 Å². The van der Waals surface area contributed by atoms with Crippen LogP contribution in [-0.4, -0.2) is 14.4 Å². The van der Waals surface area contributed by atoms with Crippen LogP contribution in [-0.2, 0) is 5.41 Å². The van der Waals surface area contributed by atoms with Crippen LogP contribution in [0.15, 0.2) is 109 Å². The lowest BCUT2D eigenvalue weighted by atomic mass is 9.82. The van der Waals surface area contributed by atoms with Crippen molar-refractivity contribution in [2.24, 2.45) is 0 Å². The van der Waals surface area contributed by atoms with Crippen molar-refractivity contribution in [2.75, 3.05) is 0 Å². The summed E-state index contributed by atoms with van der Waals surface area (Å²) in [7, 11) is 0. The zero-order chi connectivity index (χ0) is 25.9. The summed E-state index contributed by atoms with van der Waals surface area (Å²) in [5.74, 6) is 0. The highest BCUT2D eigenvalue weighted by atomic mass is 15.1. The summed E-state index contributed by atoms with van der Waals surface area (Å²) in [6.07, 6.45) is 0. The highest BCUT2D eigenvalue weighted by Gasteiger charge is 2.36. The van der Waals surface area contributed by atoms with E-state index in [0.29, 0.717) is 0 Å². The first-order valence-corrected chi connectivity index (χ1v) is 13.6. The van der Waals surface area contributed by atoms with E-state index in [1.54, 1.807) is 0 Å². The molecule has 0 saturated heterocycles. The van der Waals surface area contributed by atoms with Crippen molar-refractivity contribution >= 4 is 49.4 Å². The molecule has 3 aromatic heterocycles. The van der Waals surface area contributed by atoms with Crippen LogP contribution in [0.2, 0.25) is 0 Å². The minimum Gasteiger partial charge on any atom is -0.339 e. The number of H-pyrrole nitrogens is 1. The van der Waals surface area contributed by atoms with Crippen molar-refractivity contribution in [1.29, 1.82) is 0 Å². The Balaban J connectivity index is 1.40. The number of fused-ring (bicyclic) bond motifs is 13. The molecule has 184 valence electrons. The molecular formula is C36H25N3. The van der Waals surface area contributed by atoms with Gasteiger partial charge in [0, 0.05) is 27.1 Å². The molecule has 0 fully saturated rings. The second kappa shape index (κ2) is 7.15. The maximum absolute atomic E-state index is 5.18. The third-order valence-corrected chi connectivity index (χ3v) is 8.93. The van der Waals surface area contributed by atoms with Crippen LogP contribution in [0.1, 0.15) is 25.0 Å². The largest absolute Gasteiger partial charge is 0.339 e. The Hall–Kier alpha value is -4.89. The molecule has 0 spiro atoms. The van der Waals surface area contributed by atoms with Gasteiger partial charge in [-0.15, -0.1) is 0 Å². The smallest absolute Gasteiger partial charge is 0.147 e. The summed E-state index contributed by atoms with van der Waals surface area (Å²) < 4.78 is 2.31. The van der Waals surface area contributed by atoms with E-state index in [0.717, 1.165) is 33.2 Å². The number of rotatable bonds is 1. The third kappa shape index (κ3) is 2.60. The molecule has 0 bridgehead atoms. The summed E-state index contributed by atoms with van der Waals surface area (Å²) in [5, 5.41) is 4.79. The number of imidazole rings is 1. The molecule has 5 aromatic carbocycles. The summed E-state index contributed by atoms with van der Waals surface area (Å²) in [6, 6.07) is 39.8. The van der Waals surface area contributed by atoms with Crippen molar-refractivity contribution in [3.63, 3.8) is 0 Å². The maximum Gasteiger partial charge on any atom is 0.147 e. The average molecular weight is 500 g/mol. The van der Waals surface area contributed by atoms with Crippen molar-refractivity contribution in [3.8, 4) is 22.3 Å². The van der Waals surface area contributed by atoms with Crippen molar-refractivity contribution in [2.45, 2.75) is 19.3 Å². The first-order chi connectivity index (χ1) is 19.1. The Morgan fingerprint density at radius 1 is 0.641 bits per heavy atom. The molecule has 1 aliphatic carbocycles. The van der Waals surface area contributed by atoms with Gasteiger partial charge < -0.3 is 4.98 Å². The number of hydrogen-bond donors (Lipinski definition) is 1. The molecule has 3 nitrogen and oxygen atoms in total. The predicted octanol–water partition coefficient (Wildman–Crippen LogP) is 9.25. The molecule has 0 radical (unpaired) electrons. The first-order valence-electron chi connectivity index (χ1n) is 13.6. The number of aromatic amines is 1. The molecular weight excluding hydrogens is 474 g/mol. The van der Waals surface area contributed by atoms with Crippen LogP contribution in [0, 0.1) is 0 Å². The van der Waals surface area contributed by atoms with Crippen LogP contribution < -0.4 is 0 Å². The van der Waals surface area contributed by atoms with Crippen molar-refractivity contribution in [3.05, 3.63) is 120 Å². The minimum atomic E-state index is -0.0182. The quantitative estimate of drug-likeness (QED) is 0.224. The molecule has 3 heterocycles. The SMILES string of the molecule is CC1(C)c2ccccc2-c2c(-c3ccc4c(c3)c3ccccc3c3nc5c6ccccc6[nH]c5n43)cccc21. The van der Waals surface area contributed by atoms with Crippen LogP contribution in [0.4, 0.5) is 0 Å². The molecule has 0 saturated carbocycles. The monoisotopic (exact) mass is 499 g/mol. The zero-order valence-corrected chi connectivity index (χ0v) is 21.8. The molecule has 0 aliphatic heterocycles. The number of hydrogen-bond acceptors (Lipinski definition) is 1. The van der Waals surface area contributed by atoms with Crippen LogP contribution in [0.3, 0.4) is 0 Å². The molecule has 8 aromatic rings. The third-order valence-electron chi connectivity index (χ3n) is 8.93. The van der Waals surface area contributed by atoms with Crippen molar-refractivity contribution < 1.29 is 0 Å². The normalized spacial score (nSPS) is 14.1. The Labute approximate surface area is 225 Å². The van der Waals surface area contributed by atoms with Crippen LogP contribution in [0.5, 0.6) is 0 Å². The predicted molar refractivity (Wildman–Crippen MR) is 163 cm³/mol. The average Bonchev–Trinajstić information content (AvgIpc) is 3.60. The highest BCUT2D eigenvalue weighted by molar-refractivity contribution is 6.17. The van der Waals surface area contributed by atoms with E-state index in [4.69, 9.17) is 4.98 Å². The van der Waals surface area contributed by atoms with Gasteiger partial charge in [0.2, 0.25) is 0 Å². The first kappa shape index (κ1) is 21.1. The lowest BCUT2D eigenvalue weighted by Crippen LogP contribution is -2.14. The van der Waals surface area contributed by atoms with Gasteiger partial charge in [0.15, 0.2) is 0 Å². The topological polar surface area (TPSA) is 33.1 Å². The summed E-state index contributed by atoms with van der Waals surface area (Å²) >= 11 is 0. The second-order valence-corrected chi connectivity index (χ2v) is 11.3. The summed E-state index contributed by atoms with van der Waals surface area (Å²) in [4.78, 5) is 8.84. The standard InChI is InChI=1S/C36H25N3/c1-36(2)28-15-7-5-12-25(28)32-22(14-9-16-29(32)36)21-18-19-31-27(20-21)23-10-3-4-11-24(23)34-38-33-26-13-6-8-17-30(26)37-35(33)39(31)34/h3-20,37H,1-2H3. The van der Waals surface area contributed by atoms with E-state index >= 15 is 0 Å². The van der Waals surface area contributed by atoms with Gasteiger partial charge in [0.05, 0.1) is 5.52 Å². The van der Waals surface area contributed by atoms with Gasteiger partial charge in [0.1, 0.15) is 16.8 Å². The van der Waals surface area contributed by atoms with Gasteiger partial charge in [0.25, 0.3) is 0 Å². The van der Waals surface area contributed by atoms with E-state index in [9.17, 15) is 0 Å². The van der Waals surface area contributed by atoms with E-state index in [-0.39, 0.29) is 5.41 Å². The molecule has 0 atom stereocenters. The van der Waals surface area contributed by atoms with Gasteiger partial charge in [-0.05, 0) is 57.0 Å². The fraction of sp³-hybridized carbons (Fsp3) is 0.0833. The van der Waals surface area contributed by atoms with Crippen LogP contribution in [0.25, 0.3) is 71.6 Å². The number of pyridine rings is 1. The van der Waals surface area contributed by atoms with Gasteiger partial charge in [-0.25, -0.2) is 4.98 Å². The molecule has 1 aliphatic rings. The number of nitrogens with one attached hydrogen (secondary N) is 1. The fourth-order valence-corrected chi connectivity index (χ4v) is 7.09. The van der Waals surface area contributed by atoms with Crippen LogP contribution >= 0.6 is 0 Å². The Kier molecular flexibility index (Phi) is 3.86. The fourth-order valence-electron chi connectivity index (χ4n) is 7.09. The van der Waals surface area contributed by atoms with Gasteiger partial charge in [-0.3, -0.25) is 4.40 Å². The Morgan fingerprint density at radius 3 is 2.26 bits per heavy atom. The number of aromatic nitrogens is 3. The molecule has 3 heteroatoms. The van der Waals surface area contributed by atoms with E-state index in [2.05, 4.69) is 132 Å². The number of nitrogens with zero attached hydrogens (tertiary/aromatic N) is 2. The number of para-hydroxylation sites is 1. The molecule has 1 N–H and O–H groups in total. The van der Waals surface area contributed by atoms with E-state index in [1.165, 1.54) is 49.5 Å². The molecule has 0 unspecified atom stereocenters. The Morgan fingerprint density at radius 2 is 1.36 bits per heavy atom. The van der Waals surface area contributed by atoms with E-state index < -0.39 is 0 Å². The number of benzene rings is 5. The minimum absolute atomic E-state index is 0.0182. The highest BCUT2D eigenvalue weighted by Crippen LogP contribution is 2.52. The summed E-state index contributed by atoms with van der Waals surface area (Å²) in [6.45, 7) is 4.69. The lowest BCUT2D eigenvalue weighted by Gasteiger charge is -2.21. The molecule has 9 rings (SSSR count). The zero-order valence-electron chi connectivity index (χ0n) is 21.8. The van der Waals surface area contributed by atoms with Crippen molar-refractivity contribution in [1.82, 2.24) is 14.4 Å². The molecule has 39 heavy (non-hydrogen) atoms.